The Morgan fingerprint density at radius 3 is 2.56 bits per heavy atom. The molecule has 0 radical (unpaired) electrons. The number of aromatic nitrogens is 2. The quantitative estimate of drug-likeness (QED) is 0.698. The fourth-order valence-electron chi connectivity index (χ4n) is 1.66. The summed E-state index contributed by atoms with van der Waals surface area (Å²) < 4.78 is 11.0. The molecule has 2 heterocycles. The summed E-state index contributed by atoms with van der Waals surface area (Å²) in [5.74, 6) is 2.15. The molecule has 5 nitrogen and oxygen atoms in total. The maximum atomic E-state index is 5.71. The number of hydrogen-bond acceptors (Lipinski definition) is 5. The van der Waals surface area contributed by atoms with E-state index in [1.807, 2.05) is 25.1 Å². The highest BCUT2D eigenvalue weighted by atomic mass is 16.4. The van der Waals surface area contributed by atoms with Crippen molar-refractivity contribution in [1.29, 1.82) is 0 Å². The van der Waals surface area contributed by atoms with Gasteiger partial charge in [0, 0.05) is 11.3 Å². The van der Waals surface area contributed by atoms with Gasteiger partial charge in [0.1, 0.15) is 5.76 Å². The maximum Gasteiger partial charge on any atom is 0.283 e. The molecule has 90 valence electrons. The van der Waals surface area contributed by atoms with Crippen LogP contribution in [0.5, 0.6) is 0 Å². The third-order valence-corrected chi connectivity index (χ3v) is 2.51. The first-order valence-corrected chi connectivity index (χ1v) is 5.48. The molecule has 0 aliphatic rings. The molecule has 0 fully saturated rings. The van der Waals surface area contributed by atoms with Gasteiger partial charge in [-0.05, 0) is 37.3 Å². The number of nitrogens with two attached hydrogens (primary N) is 1. The summed E-state index contributed by atoms with van der Waals surface area (Å²) >= 11 is 0. The predicted molar refractivity (Wildman–Crippen MR) is 66.6 cm³/mol. The van der Waals surface area contributed by atoms with E-state index in [2.05, 4.69) is 10.2 Å². The van der Waals surface area contributed by atoms with Gasteiger partial charge < -0.3 is 14.6 Å². The first-order chi connectivity index (χ1) is 8.72. The number of hydrogen-bond donors (Lipinski definition) is 1. The van der Waals surface area contributed by atoms with Crippen LogP contribution in [-0.2, 0) is 0 Å². The summed E-state index contributed by atoms with van der Waals surface area (Å²) in [5, 5.41) is 7.94. The second kappa shape index (κ2) is 4.03. The van der Waals surface area contributed by atoms with Gasteiger partial charge in [0.2, 0.25) is 5.89 Å². The molecule has 0 aliphatic heterocycles. The minimum absolute atomic E-state index is 0.362. The van der Waals surface area contributed by atoms with Crippen molar-refractivity contribution in [1.82, 2.24) is 10.2 Å². The summed E-state index contributed by atoms with van der Waals surface area (Å²) in [5.41, 5.74) is 7.15. The molecule has 3 rings (SSSR count). The average Bonchev–Trinajstić information content (AvgIpc) is 2.97. The van der Waals surface area contributed by atoms with Crippen molar-refractivity contribution >= 4 is 5.69 Å². The summed E-state index contributed by atoms with van der Waals surface area (Å²) in [7, 11) is 0. The lowest BCUT2D eigenvalue weighted by Gasteiger charge is -1.95. The van der Waals surface area contributed by atoms with Gasteiger partial charge in [-0.25, -0.2) is 0 Å². The van der Waals surface area contributed by atoms with Gasteiger partial charge in [-0.3, -0.25) is 0 Å². The molecule has 5 heteroatoms. The molecule has 2 N–H and O–H groups in total. The molecule has 0 saturated heterocycles. The van der Waals surface area contributed by atoms with Crippen LogP contribution in [0.2, 0.25) is 0 Å². The van der Waals surface area contributed by atoms with E-state index >= 15 is 0 Å². The number of anilines is 1. The number of furan rings is 1. The molecular formula is C13H11N3O2. The van der Waals surface area contributed by atoms with Crippen molar-refractivity contribution < 1.29 is 8.83 Å². The first kappa shape index (κ1) is 10.6. The monoisotopic (exact) mass is 241 g/mol. The van der Waals surface area contributed by atoms with Crippen molar-refractivity contribution in [2.45, 2.75) is 6.92 Å². The Morgan fingerprint density at radius 2 is 1.83 bits per heavy atom. The molecule has 0 spiro atoms. The lowest BCUT2D eigenvalue weighted by Crippen LogP contribution is -1.84. The van der Waals surface area contributed by atoms with Crippen LogP contribution < -0.4 is 5.73 Å². The van der Waals surface area contributed by atoms with Crippen molar-refractivity contribution in [2.75, 3.05) is 5.73 Å². The van der Waals surface area contributed by atoms with Crippen LogP contribution in [0.3, 0.4) is 0 Å². The van der Waals surface area contributed by atoms with Gasteiger partial charge in [-0.2, -0.15) is 0 Å². The zero-order valence-corrected chi connectivity index (χ0v) is 9.75. The zero-order valence-electron chi connectivity index (χ0n) is 9.75. The second-order valence-corrected chi connectivity index (χ2v) is 3.95. The minimum atomic E-state index is 0.362. The Balaban J connectivity index is 1.99. The van der Waals surface area contributed by atoms with Gasteiger partial charge in [-0.1, -0.05) is 6.07 Å². The first-order valence-electron chi connectivity index (χ1n) is 5.48. The van der Waals surface area contributed by atoms with E-state index in [0.717, 1.165) is 11.3 Å². The Labute approximate surface area is 103 Å². The van der Waals surface area contributed by atoms with E-state index in [1.165, 1.54) is 0 Å². The molecule has 0 saturated carbocycles. The van der Waals surface area contributed by atoms with Crippen LogP contribution in [0.25, 0.3) is 23.1 Å². The molecule has 0 unspecified atom stereocenters. The van der Waals surface area contributed by atoms with Crippen molar-refractivity contribution in [3.8, 4) is 23.1 Å². The van der Waals surface area contributed by atoms with Crippen LogP contribution in [0, 0.1) is 6.92 Å². The number of aryl methyl sites for hydroxylation is 1. The van der Waals surface area contributed by atoms with Crippen LogP contribution in [0.4, 0.5) is 5.69 Å². The van der Waals surface area contributed by atoms with Crippen molar-refractivity contribution in [3.05, 3.63) is 42.2 Å². The van der Waals surface area contributed by atoms with Crippen LogP contribution in [0.15, 0.2) is 45.2 Å². The van der Waals surface area contributed by atoms with Gasteiger partial charge >= 0.3 is 0 Å². The van der Waals surface area contributed by atoms with E-state index in [4.69, 9.17) is 14.6 Å². The van der Waals surface area contributed by atoms with E-state index in [-0.39, 0.29) is 0 Å². The third-order valence-electron chi connectivity index (χ3n) is 2.51. The standard InChI is InChI=1S/C13H11N3O2/c1-8-5-6-11(17-8)13-16-15-12(18-13)9-3-2-4-10(14)7-9/h2-7H,14H2,1H3. The summed E-state index contributed by atoms with van der Waals surface area (Å²) in [6.45, 7) is 1.86. The molecule has 0 aliphatic carbocycles. The molecule has 3 aromatic rings. The molecule has 2 aromatic heterocycles. The lowest BCUT2D eigenvalue weighted by atomic mass is 10.2. The predicted octanol–water partition coefficient (Wildman–Crippen LogP) is 2.89. The van der Waals surface area contributed by atoms with Crippen LogP contribution in [0.1, 0.15) is 5.76 Å². The van der Waals surface area contributed by atoms with Gasteiger partial charge in [-0.15, -0.1) is 10.2 Å². The SMILES string of the molecule is Cc1ccc(-c2nnc(-c3cccc(N)c3)o2)o1. The molecule has 0 atom stereocenters. The number of rotatable bonds is 2. The highest BCUT2D eigenvalue weighted by Crippen LogP contribution is 2.25. The number of nitrogen functional groups attached to an aromatic ring is 1. The summed E-state index contributed by atoms with van der Waals surface area (Å²) in [6, 6.07) is 10.9. The van der Waals surface area contributed by atoms with Crippen LogP contribution in [-0.4, -0.2) is 10.2 Å². The van der Waals surface area contributed by atoms with Gasteiger partial charge in [0.05, 0.1) is 0 Å². The van der Waals surface area contributed by atoms with Gasteiger partial charge in [0.25, 0.3) is 5.89 Å². The molecule has 0 bridgehead atoms. The average molecular weight is 241 g/mol. The fourth-order valence-corrected chi connectivity index (χ4v) is 1.66. The molecule has 1 aromatic carbocycles. The Kier molecular flexibility index (Phi) is 2.37. The maximum absolute atomic E-state index is 5.71. The van der Waals surface area contributed by atoms with E-state index in [0.29, 0.717) is 23.2 Å². The third kappa shape index (κ3) is 1.86. The minimum Gasteiger partial charge on any atom is -0.456 e. The van der Waals surface area contributed by atoms with Crippen molar-refractivity contribution in [2.24, 2.45) is 0 Å². The van der Waals surface area contributed by atoms with Crippen molar-refractivity contribution in [3.63, 3.8) is 0 Å². The topological polar surface area (TPSA) is 78.1 Å². The molecule has 18 heavy (non-hydrogen) atoms. The van der Waals surface area contributed by atoms with E-state index in [1.54, 1.807) is 18.2 Å². The van der Waals surface area contributed by atoms with E-state index in [9.17, 15) is 0 Å². The molecule has 0 amide bonds. The van der Waals surface area contributed by atoms with Gasteiger partial charge in [0.15, 0.2) is 5.76 Å². The van der Waals surface area contributed by atoms with Crippen LogP contribution >= 0.6 is 0 Å². The normalized spacial score (nSPS) is 10.7. The smallest absolute Gasteiger partial charge is 0.283 e. The molecular weight excluding hydrogens is 230 g/mol. The number of nitrogens with zero attached hydrogens (tertiary/aromatic N) is 2. The number of benzene rings is 1. The highest BCUT2D eigenvalue weighted by molar-refractivity contribution is 5.60. The Morgan fingerprint density at radius 1 is 1.00 bits per heavy atom. The second-order valence-electron chi connectivity index (χ2n) is 3.95. The Bertz CT molecular complexity index is 685. The Hall–Kier alpha value is -2.56. The fraction of sp³-hybridized carbons (Fsp3) is 0.0769. The highest BCUT2D eigenvalue weighted by Gasteiger charge is 2.13. The lowest BCUT2D eigenvalue weighted by molar-refractivity contribution is 0.505. The largest absolute Gasteiger partial charge is 0.456 e. The summed E-state index contributed by atoms with van der Waals surface area (Å²) in [6.07, 6.45) is 0. The summed E-state index contributed by atoms with van der Waals surface area (Å²) in [4.78, 5) is 0. The van der Waals surface area contributed by atoms with E-state index < -0.39 is 0 Å². The zero-order chi connectivity index (χ0) is 12.5.